The van der Waals surface area contributed by atoms with E-state index in [1.807, 2.05) is 26.0 Å². The minimum absolute atomic E-state index is 0.0176. The lowest BCUT2D eigenvalue weighted by Gasteiger charge is -2.27. The molecule has 1 fully saturated rings. The van der Waals surface area contributed by atoms with Gasteiger partial charge < -0.3 is 10.6 Å². The van der Waals surface area contributed by atoms with Crippen molar-refractivity contribution in [1.29, 1.82) is 0 Å². The number of benzene rings is 1. The van der Waals surface area contributed by atoms with Crippen LogP contribution in [0.4, 0.5) is 5.69 Å². The zero-order valence-electron chi connectivity index (χ0n) is 15.9. The monoisotopic (exact) mass is 344 g/mol. The van der Waals surface area contributed by atoms with Crippen LogP contribution in [0.3, 0.4) is 0 Å². The first-order valence-corrected chi connectivity index (χ1v) is 9.67. The molecule has 1 aromatic rings. The molecule has 0 radical (unpaired) electrons. The van der Waals surface area contributed by atoms with Crippen LogP contribution in [-0.2, 0) is 9.59 Å². The Balaban J connectivity index is 1.78. The van der Waals surface area contributed by atoms with Gasteiger partial charge in [-0.2, -0.15) is 0 Å². The van der Waals surface area contributed by atoms with Crippen molar-refractivity contribution in [2.75, 3.05) is 11.9 Å². The number of rotatable bonds is 7. The molecule has 0 aliphatic heterocycles. The molecule has 0 atom stereocenters. The highest BCUT2D eigenvalue weighted by atomic mass is 16.2. The summed E-state index contributed by atoms with van der Waals surface area (Å²) in [4.78, 5) is 24.7. The summed E-state index contributed by atoms with van der Waals surface area (Å²) in [5.74, 6) is 0.357. The first-order chi connectivity index (χ1) is 12.0. The molecule has 2 N–H and O–H groups in total. The molecular weight excluding hydrogens is 312 g/mol. The number of anilines is 1. The van der Waals surface area contributed by atoms with Gasteiger partial charge in [0.25, 0.3) is 0 Å². The molecule has 2 rings (SSSR count). The van der Waals surface area contributed by atoms with Gasteiger partial charge in [0, 0.05) is 24.1 Å². The van der Waals surface area contributed by atoms with Crippen LogP contribution in [0.15, 0.2) is 18.2 Å². The molecule has 1 aliphatic rings. The van der Waals surface area contributed by atoms with Crippen LogP contribution in [0.25, 0.3) is 0 Å². The van der Waals surface area contributed by atoms with Crippen molar-refractivity contribution in [3.8, 4) is 0 Å². The molecule has 0 unspecified atom stereocenters. The first-order valence-electron chi connectivity index (χ1n) is 9.67. The van der Waals surface area contributed by atoms with Crippen molar-refractivity contribution < 1.29 is 9.59 Å². The highest BCUT2D eigenvalue weighted by molar-refractivity contribution is 5.93. The second kappa shape index (κ2) is 9.59. The molecular formula is C21H32N2O2. The van der Waals surface area contributed by atoms with Gasteiger partial charge >= 0.3 is 0 Å². The maximum absolute atomic E-state index is 12.5. The number of carbonyl (C=O) groups is 2. The van der Waals surface area contributed by atoms with E-state index in [0.717, 1.165) is 68.3 Å². The Morgan fingerprint density at radius 2 is 1.64 bits per heavy atom. The third-order valence-corrected chi connectivity index (χ3v) is 5.20. The maximum Gasteiger partial charge on any atom is 0.227 e. The normalized spacial score (nSPS) is 20.1. The quantitative estimate of drug-likeness (QED) is 0.722. The Morgan fingerprint density at radius 3 is 2.28 bits per heavy atom. The van der Waals surface area contributed by atoms with Crippen molar-refractivity contribution in [1.82, 2.24) is 5.32 Å². The van der Waals surface area contributed by atoms with Crippen molar-refractivity contribution in [2.45, 2.75) is 65.7 Å². The topological polar surface area (TPSA) is 58.2 Å². The number of amides is 2. The van der Waals surface area contributed by atoms with E-state index >= 15 is 0 Å². The van der Waals surface area contributed by atoms with E-state index in [0.29, 0.717) is 0 Å². The molecule has 1 aliphatic carbocycles. The minimum atomic E-state index is 0.0176. The molecule has 4 nitrogen and oxygen atoms in total. The molecule has 0 bridgehead atoms. The van der Waals surface area contributed by atoms with Crippen molar-refractivity contribution in [3.05, 3.63) is 29.3 Å². The second-order valence-electron chi connectivity index (χ2n) is 7.35. The van der Waals surface area contributed by atoms with Crippen LogP contribution in [0, 0.1) is 25.7 Å². The van der Waals surface area contributed by atoms with Gasteiger partial charge in [0.15, 0.2) is 0 Å². The lowest BCUT2D eigenvalue weighted by Crippen LogP contribution is -2.36. The van der Waals surface area contributed by atoms with E-state index in [4.69, 9.17) is 0 Å². The zero-order valence-corrected chi connectivity index (χ0v) is 15.9. The van der Waals surface area contributed by atoms with Gasteiger partial charge in [0.2, 0.25) is 11.8 Å². The molecule has 2 amide bonds. The van der Waals surface area contributed by atoms with Crippen LogP contribution < -0.4 is 10.6 Å². The Morgan fingerprint density at radius 1 is 1.00 bits per heavy atom. The van der Waals surface area contributed by atoms with Gasteiger partial charge in [0.05, 0.1) is 0 Å². The summed E-state index contributed by atoms with van der Waals surface area (Å²) in [6.07, 6.45) is 6.58. The van der Waals surface area contributed by atoms with E-state index < -0.39 is 0 Å². The minimum Gasteiger partial charge on any atom is -0.356 e. The van der Waals surface area contributed by atoms with Gasteiger partial charge in [-0.25, -0.2) is 0 Å². The standard InChI is InChI=1S/C21H32N2O2/c1-4-5-6-13-22-20(24)17-9-11-18(12-10-17)21(25)23-19-14-15(2)7-8-16(19)3/h7-8,14,17-18H,4-6,9-13H2,1-3H3,(H,22,24)(H,23,25). The smallest absolute Gasteiger partial charge is 0.227 e. The summed E-state index contributed by atoms with van der Waals surface area (Å²) in [5.41, 5.74) is 3.13. The number of carbonyl (C=O) groups excluding carboxylic acids is 2. The molecule has 1 aromatic carbocycles. The highest BCUT2D eigenvalue weighted by Gasteiger charge is 2.29. The summed E-state index contributed by atoms with van der Waals surface area (Å²) in [6, 6.07) is 6.10. The largest absolute Gasteiger partial charge is 0.356 e. The fourth-order valence-electron chi connectivity index (χ4n) is 3.45. The van der Waals surface area contributed by atoms with E-state index in [2.05, 4.69) is 23.6 Å². The second-order valence-corrected chi connectivity index (χ2v) is 7.35. The summed E-state index contributed by atoms with van der Waals surface area (Å²) < 4.78 is 0. The van der Waals surface area contributed by atoms with Gasteiger partial charge in [-0.3, -0.25) is 9.59 Å². The number of unbranched alkanes of at least 4 members (excludes halogenated alkanes) is 2. The Hall–Kier alpha value is -1.84. The van der Waals surface area contributed by atoms with E-state index in [-0.39, 0.29) is 23.7 Å². The molecule has 25 heavy (non-hydrogen) atoms. The molecule has 0 saturated heterocycles. The first kappa shape index (κ1) is 19.5. The SMILES string of the molecule is CCCCCNC(=O)C1CCC(C(=O)Nc2cc(C)ccc2C)CC1. The molecule has 4 heteroatoms. The number of hydrogen-bond acceptors (Lipinski definition) is 2. The Kier molecular flexibility index (Phi) is 7.48. The highest BCUT2D eigenvalue weighted by Crippen LogP contribution is 2.30. The fourth-order valence-corrected chi connectivity index (χ4v) is 3.45. The van der Waals surface area contributed by atoms with E-state index in [1.54, 1.807) is 0 Å². The molecule has 0 heterocycles. The Bertz CT molecular complexity index is 590. The predicted molar refractivity (Wildman–Crippen MR) is 103 cm³/mol. The molecule has 138 valence electrons. The molecule has 1 saturated carbocycles. The van der Waals surface area contributed by atoms with Crippen LogP contribution in [0.5, 0.6) is 0 Å². The zero-order chi connectivity index (χ0) is 18.2. The van der Waals surface area contributed by atoms with E-state index in [9.17, 15) is 9.59 Å². The Labute approximate surface area is 151 Å². The summed E-state index contributed by atoms with van der Waals surface area (Å²) in [5, 5.41) is 6.12. The average Bonchev–Trinajstić information content (AvgIpc) is 2.61. The number of aryl methyl sites for hydroxylation is 2. The lowest BCUT2D eigenvalue weighted by atomic mass is 9.81. The van der Waals surface area contributed by atoms with Crippen LogP contribution >= 0.6 is 0 Å². The van der Waals surface area contributed by atoms with Crippen molar-refractivity contribution in [2.24, 2.45) is 11.8 Å². The van der Waals surface area contributed by atoms with Crippen LogP contribution in [0.1, 0.15) is 63.0 Å². The predicted octanol–water partition coefficient (Wildman–Crippen LogP) is 4.35. The van der Waals surface area contributed by atoms with Gasteiger partial charge in [-0.05, 0) is 63.1 Å². The fraction of sp³-hybridized carbons (Fsp3) is 0.619. The third-order valence-electron chi connectivity index (χ3n) is 5.20. The van der Waals surface area contributed by atoms with Crippen molar-refractivity contribution in [3.63, 3.8) is 0 Å². The van der Waals surface area contributed by atoms with Crippen LogP contribution in [-0.4, -0.2) is 18.4 Å². The van der Waals surface area contributed by atoms with E-state index in [1.165, 1.54) is 0 Å². The van der Waals surface area contributed by atoms with Gasteiger partial charge in [-0.1, -0.05) is 31.9 Å². The third kappa shape index (κ3) is 5.87. The molecule has 0 aromatic heterocycles. The summed E-state index contributed by atoms with van der Waals surface area (Å²) in [6.45, 7) is 6.97. The van der Waals surface area contributed by atoms with Crippen molar-refractivity contribution >= 4 is 17.5 Å². The number of nitrogens with one attached hydrogen (secondary N) is 2. The van der Waals surface area contributed by atoms with Crippen LogP contribution in [0.2, 0.25) is 0 Å². The maximum atomic E-state index is 12.5. The molecule has 0 spiro atoms. The average molecular weight is 344 g/mol. The number of hydrogen-bond donors (Lipinski definition) is 2. The lowest BCUT2D eigenvalue weighted by molar-refractivity contribution is -0.128. The van der Waals surface area contributed by atoms with Gasteiger partial charge in [0.1, 0.15) is 0 Å². The summed E-state index contributed by atoms with van der Waals surface area (Å²) >= 11 is 0. The van der Waals surface area contributed by atoms with Gasteiger partial charge in [-0.15, -0.1) is 0 Å². The summed E-state index contributed by atoms with van der Waals surface area (Å²) in [7, 11) is 0.